The van der Waals surface area contributed by atoms with Crippen LogP contribution in [0.4, 0.5) is 5.69 Å². The summed E-state index contributed by atoms with van der Waals surface area (Å²) < 4.78 is 25.5. The van der Waals surface area contributed by atoms with Gasteiger partial charge >= 0.3 is 0 Å². The van der Waals surface area contributed by atoms with Crippen LogP contribution in [-0.2, 0) is 15.4 Å². The van der Waals surface area contributed by atoms with E-state index in [1.165, 1.54) is 5.56 Å². The first-order valence-electron chi connectivity index (χ1n) is 6.56. The summed E-state index contributed by atoms with van der Waals surface area (Å²) in [6.07, 6.45) is 1.03. The van der Waals surface area contributed by atoms with Gasteiger partial charge in [0.25, 0.3) is 0 Å². The quantitative estimate of drug-likeness (QED) is 0.808. The van der Waals surface area contributed by atoms with Gasteiger partial charge in [-0.25, -0.2) is 8.42 Å². The average Bonchev–Trinajstić information content (AvgIpc) is 2.37. The molecule has 0 spiro atoms. The van der Waals surface area contributed by atoms with Crippen molar-refractivity contribution in [1.29, 1.82) is 0 Å². The third-order valence-corrected chi connectivity index (χ3v) is 4.63. The summed E-state index contributed by atoms with van der Waals surface area (Å²) in [5, 5.41) is 3.15. The summed E-state index contributed by atoms with van der Waals surface area (Å²) >= 11 is 0. The molecule has 0 saturated carbocycles. The number of nitrogens with one attached hydrogen (secondary N) is 2. The Kier molecular flexibility index (Phi) is 5.38. The number of benzene rings is 1. The number of hydrogen-bond donors (Lipinski definition) is 2. The van der Waals surface area contributed by atoms with Gasteiger partial charge in [0, 0.05) is 5.69 Å². The smallest absolute Gasteiger partial charge is 0.232 e. The summed E-state index contributed by atoms with van der Waals surface area (Å²) in [6, 6.07) is 7.62. The zero-order valence-corrected chi connectivity index (χ0v) is 13.0. The lowest BCUT2D eigenvalue weighted by Crippen LogP contribution is -2.23. The van der Waals surface area contributed by atoms with Crippen molar-refractivity contribution in [2.45, 2.75) is 32.6 Å². The van der Waals surface area contributed by atoms with E-state index >= 15 is 0 Å². The van der Waals surface area contributed by atoms with Crippen LogP contribution in [0, 0.1) is 0 Å². The Hall–Kier alpha value is -1.07. The molecule has 0 heterocycles. The van der Waals surface area contributed by atoms with Crippen LogP contribution >= 0.6 is 0 Å². The van der Waals surface area contributed by atoms with Gasteiger partial charge in [0.2, 0.25) is 10.0 Å². The molecule has 0 aliphatic heterocycles. The molecule has 0 atom stereocenters. The Morgan fingerprint density at radius 3 is 2.21 bits per heavy atom. The van der Waals surface area contributed by atoms with Gasteiger partial charge in [0.15, 0.2) is 0 Å². The molecule has 2 N–H and O–H groups in total. The molecule has 0 fully saturated rings. The average molecular weight is 284 g/mol. The highest BCUT2D eigenvalue weighted by Crippen LogP contribution is 2.27. The molecule has 108 valence electrons. The van der Waals surface area contributed by atoms with E-state index in [0.717, 1.165) is 13.0 Å². The second-order valence-corrected chi connectivity index (χ2v) is 7.33. The first-order valence-corrected chi connectivity index (χ1v) is 8.21. The van der Waals surface area contributed by atoms with E-state index in [-0.39, 0.29) is 11.2 Å². The third kappa shape index (κ3) is 4.84. The van der Waals surface area contributed by atoms with Crippen LogP contribution in [0.5, 0.6) is 0 Å². The standard InChI is InChI=1S/C14H24N2O2S/c1-5-19(17,18)16-13-8-6-12(7-9-13)14(2,3)10-11-15-4/h6-9,15-16H,5,10-11H2,1-4H3. The van der Waals surface area contributed by atoms with Gasteiger partial charge < -0.3 is 5.32 Å². The molecule has 0 aliphatic carbocycles. The van der Waals surface area contributed by atoms with E-state index in [0.29, 0.717) is 5.69 Å². The van der Waals surface area contributed by atoms with Gasteiger partial charge in [-0.2, -0.15) is 0 Å². The highest BCUT2D eigenvalue weighted by molar-refractivity contribution is 7.92. The van der Waals surface area contributed by atoms with Gasteiger partial charge in [-0.05, 0) is 50.0 Å². The summed E-state index contributed by atoms with van der Waals surface area (Å²) in [7, 11) is -1.25. The Balaban J connectivity index is 2.81. The second-order valence-electron chi connectivity index (χ2n) is 5.32. The van der Waals surface area contributed by atoms with Gasteiger partial charge in [0.05, 0.1) is 5.75 Å². The predicted molar refractivity (Wildman–Crippen MR) is 81.1 cm³/mol. The summed E-state index contributed by atoms with van der Waals surface area (Å²) in [5.41, 5.74) is 1.91. The van der Waals surface area contributed by atoms with E-state index in [1.807, 2.05) is 31.3 Å². The monoisotopic (exact) mass is 284 g/mol. The highest BCUT2D eigenvalue weighted by Gasteiger charge is 2.19. The third-order valence-electron chi connectivity index (χ3n) is 3.32. The van der Waals surface area contributed by atoms with Gasteiger partial charge in [-0.15, -0.1) is 0 Å². The van der Waals surface area contributed by atoms with Crippen molar-refractivity contribution in [3.05, 3.63) is 29.8 Å². The molecule has 0 bridgehead atoms. The maximum absolute atomic E-state index is 11.5. The normalized spacial score (nSPS) is 12.4. The SMILES string of the molecule is CCS(=O)(=O)Nc1ccc(C(C)(C)CCNC)cc1. The number of anilines is 1. The van der Waals surface area contributed by atoms with Crippen LogP contribution in [0.2, 0.25) is 0 Å². The summed E-state index contributed by atoms with van der Waals surface area (Å²) in [5.74, 6) is 0.0857. The van der Waals surface area contributed by atoms with E-state index in [9.17, 15) is 8.42 Å². The van der Waals surface area contributed by atoms with Crippen molar-refractivity contribution in [1.82, 2.24) is 5.32 Å². The fourth-order valence-corrected chi connectivity index (χ4v) is 2.46. The lowest BCUT2D eigenvalue weighted by molar-refractivity contribution is 0.469. The van der Waals surface area contributed by atoms with Crippen LogP contribution in [0.3, 0.4) is 0 Å². The van der Waals surface area contributed by atoms with Crippen molar-refractivity contribution in [2.24, 2.45) is 0 Å². The van der Waals surface area contributed by atoms with Crippen LogP contribution < -0.4 is 10.0 Å². The Morgan fingerprint density at radius 2 is 1.74 bits per heavy atom. The van der Waals surface area contributed by atoms with Crippen LogP contribution in [0.25, 0.3) is 0 Å². The van der Waals surface area contributed by atoms with Gasteiger partial charge in [0.1, 0.15) is 0 Å². The zero-order chi connectivity index (χ0) is 14.5. The maximum Gasteiger partial charge on any atom is 0.232 e. The van der Waals surface area contributed by atoms with E-state index < -0.39 is 10.0 Å². The molecule has 19 heavy (non-hydrogen) atoms. The number of sulfonamides is 1. The molecule has 0 amide bonds. The zero-order valence-electron chi connectivity index (χ0n) is 12.2. The van der Waals surface area contributed by atoms with Crippen molar-refractivity contribution >= 4 is 15.7 Å². The molecule has 0 unspecified atom stereocenters. The molecule has 0 aliphatic rings. The van der Waals surface area contributed by atoms with E-state index in [1.54, 1.807) is 6.92 Å². The van der Waals surface area contributed by atoms with Crippen molar-refractivity contribution in [2.75, 3.05) is 24.1 Å². The minimum absolute atomic E-state index is 0.0746. The molecule has 0 aromatic heterocycles. The lowest BCUT2D eigenvalue weighted by Gasteiger charge is -2.25. The summed E-state index contributed by atoms with van der Waals surface area (Å²) in [4.78, 5) is 0. The minimum Gasteiger partial charge on any atom is -0.320 e. The molecule has 1 aromatic rings. The topological polar surface area (TPSA) is 58.2 Å². The van der Waals surface area contributed by atoms with E-state index in [2.05, 4.69) is 23.9 Å². The Labute approximate surface area is 116 Å². The molecular weight excluding hydrogens is 260 g/mol. The van der Waals surface area contributed by atoms with Crippen molar-refractivity contribution < 1.29 is 8.42 Å². The van der Waals surface area contributed by atoms with Crippen molar-refractivity contribution in [3.63, 3.8) is 0 Å². The maximum atomic E-state index is 11.5. The Morgan fingerprint density at radius 1 is 1.16 bits per heavy atom. The van der Waals surface area contributed by atoms with Crippen molar-refractivity contribution in [3.8, 4) is 0 Å². The first kappa shape index (κ1) is 16.0. The predicted octanol–water partition coefficient (Wildman–Crippen LogP) is 2.34. The molecule has 0 saturated heterocycles. The number of rotatable bonds is 7. The van der Waals surface area contributed by atoms with Gasteiger partial charge in [-0.3, -0.25) is 4.72 Å². The minimum atomic E-state index is -3.20. The molecule has 1 rings (SSSR count). The lowest BCUT2D eigenvalue weighted by atomic mass is 9.81. The molecule has 0 radical (unpaired) electrons. The molecule has 1 aromatic carbocycles. The Bertz CT molecular complexity index is 493. The fourth-order valence-electron chi connectivity index (χ4n) is 1.82. The second kappa shape index (κ2) is 6.39. The molecule has 4 nitrogen and oxygen atoms in total. The molecular formula is C14H24N2O2S. The van der Waals surface area contributed by atoms with Crippen LogP contribution in [0.1, 0.15) is 32.8 Å². The largest absolute Gasteiger partial charge is 0.320 e. The summed E-state index contributed by atoms with van der Waals surface area (Å²) in [6.45, 7) is 6.96. The van der Waals surface area contributed by atoms with E-state index in [4.69, 9.17) is 0 Å². The highest BCUT2D eigenvalue weighted by atomic mass is 32.2. The molecule has 5 heteroatoms. The fraction of sp³-hybridized carbons (Fsp3) is 0.571. The first-order chi connectivity index (χ1) is 8.80. The number of hydrogen-bond acceptors (Lipinski definition) is 3. The van der Waals surface area contributed by atoms with Crippen LogP contribution in [-0.4, -0.2) is 27.8 Å². The van der Waals surface area contributed by atoms with Gasteiger partial charge in [-0.1, -0.05) is 26.0 Å². The van der Waals surface area contributed by atoms with Crippen LogP contribution in [0.15, 0.2) is 24.3 Å².